The van der Waals surface area contributed by atoms with Gasteiger partial charge < -0.3 is 5.73 Å². The Morgan fingerprint density at radius 2 is 1.37 bits per heavy atom. The highest BCUT2D eigenvalue weighted by molar-refractivity contribution is 5.25. The minimum Gasteiger partial charge on any atom is -0.333 e. The molecule has 0 aliphatic heterocycles. The van der Waals surface area contributed by atoms with E-state index < -0.39 is 0 Å². The Morgan fingerprint density at radius 1 is 0.741 bits per heavy atom. The molecule has 0 aromatic rings. The highest BCUT2D eigenvalue weighted by Gasteiger charge is 2.59. The lowest BCUT2D eigenvalue weighted by molar-refractivity contribution is -0.0527. The fourth-order valence-corrected chi connectivity index (χ4v) is 11.0. The van der Waals surface area contributed by atoms with Crippen LogP contribution in [0.4, 0.5) is 0 Å². The SMILES string of the molecule is C=C(C)CC1CCC2(C)C(=CCC3C2CCC2(C)C(C(C)CCCC(C)C)CCC32)C1.C=C(C)CCCCCC.CC.CC.CCCCC(C)CC.CN. The van der Waals surface area contributed by atoms with Gasteiger partial charge in [0.15, 0.2) is 0 Å². The van der Waals surface area contributed by atoms with Crippen molar-refractivity contribution >= 4 is 0 Å². The van der Waals surface area contributed by atoms with E-state index in [1.165, 1.54) is 153 Å². The van der Waals surface area contributed by atoms with Crippen molar-refractivity contribution < 1.29 is 0 Å². The molecule has 0 aromatic carbocycles. The van der Waals surface area contributed by atoms with Crippen molar-refractivity contribution in [1.82, 2.24) is 0 Å². The molecule has 0 amide bonds. The van der Waals surface area contributed by atoms with E-state index in [2.05, 4.69) is 101 Å². The number of hydrogen-bond acceptors (Lipinski definition) is 1. The molecule has 54 heavy (non-hydrogen) atoms. The van der Waals surface area contributed by atoms with Crippen molar-refractivity contribution in [3.63, 3.8) is 0 Å². The molecule has 1 nitrogen and oxygen atoms in total. The molecule has 2 N–H and O–H groups in total. The number of rotatable bonds is 16. The highest BCUT2D eigenvalue weighted by Crippen LogP contribution is 2.67. The van der Waals surface area contributed by atoms with Gasteiger partial charge in [-0.25, -0.2) is 0 Å². The molecule has 0 spiro atoms. The van der Waals surface area contributed by atoms with Crippen LogP contribution in [-0.4, -0.2) is 7.05 Å². The summed E-state index contributed by atoms with van der Waals surface area (Å²) in [6, 6.07) is 0. The normalized spacial score (nSPS) is 28.7. The van der Waals surface area contributed by atoms with Crippen molar-refractivity contribution in [2.75, 3.05) is 7.05 Å². The molecule has 9 atom stereocenters. The van der Waals surface area contributed by atoms with E-state index in [1.54, 1.807) is 0 Å². The van der Waals surface area contributed by atoms with Gasteiger partial charge in [0.05, 0.1) is 0 Å². The summed E-state index contributed by atoms with van der Waals surface area (Å²) in [5, 5.41) is 0. The van der Waals surface area contributed by atoms with Crippen LogP contribution in [0.25, 0.3) is 0 Å². The maximum Gasteiger partial charge on any atom is -0.00851 e. The molecule has 3 fully saturated rings. The first-order valence-electron chi connectivity index (χ1n) is 24.3. The first-order chi connectivity index (χ1) is 25.7. The maximum absolute atomic E-state index is 4.50. The zero-order valence-electron chi connectivity index (χ0n) is 40.5. The second kappa shape index (κ2) is 31.2. The van der Waals surface area contributed by atoms with Crippen LogP contribution < -0.4 is 5.73 Å². The van der Waals surface area contributed by atoms with Gasteiger partial charge in [-0.15, -0.1) is 13.2 Å². The van der Waals surface area contributed by atoms with Gasteiger partial charge in [0.25, 0.3) is 0 Å². The molecule has 322 valence electrons. The average Bonchev–Trinajstić information content (AvgIpc) is 3.52. The lowest BCUT2D eigenvalue weighted by Gasteiger charge is -2.58. The van der Waals surface area contributed by atoms with Crippen LogP contribution in [0.15, 0.2) is 36.0 Å². The van der Waals surface area contributed by atoms with E-state index in [-0.39, 0.29) is 0 Å². The molecule has 4 aliphatic carbocycles. The lowest BCUT2D eigenvalue weighted by atomic mass is 9.46. The van der Waals surface area contributed by atoms with Gasteiger partial charge >= 0.3 is 0 Å². The molecule has 0 bridgehead atoms. The fraction of sp³-hybridized carbons (Fsp3) is 0.887. The van der Waals surface area contributed by atoms with Crippen LogP contribution in [0, 0.1) is 58.2 Å². The van der Waals surface area contributed by atoms with E-state index in [4.69, 9.17) is 0 Å². The Bertz CT molecular complexity index is 956. The molecule has 0 heterocycles. The molecule has 1 heteroatoms. The Hall–Kier alpha value is -0.820. The fourth-order valence-electron chi connectivity index (χ4n) is 11.0. The van der Waals surface area contributed by atoms with Crippen LogP contribution in [0.5, 0.6) is 0 Å². The Kier molecular flexibility index (Phi) is 31.9. The number of unbranched alkanes of at least 4 members (excludes halogenated alkanes) is 4. The maximum atomic E-state index is 4.50. The predicted molar refractivity (Wildman–Crippen MR) is 251 cm³/mol. The molecule has 0 aromatic heterocycles. The topological polar surface area (TPSA) is 26.0 Å². The first-order valence-corrected chi connectivity index (χ1v) is 24.3. The van der Waals surface area contributed by atoms with Gasteiger partial charge in [-0.3, -0.25) is 0 Å². The van der Waals surface area contributed by atoms with Crippen molar-refractivity contribution in [2.24, 2.45) is 63.9 Å². The monoisotopic (exact) mass is 756 g/mol. The van der Waals surface area contributed by atoms with Crippen LogP contribution in [0.1, 0.15) is 239 Å². The van der Waals surface area contributed by atoms with Gasteiger partial charge in [-0.1, -0.05) is 177 Å². The number of hydrogen-bond donors (Lipinski definition) is 1. The summed E-state index contributed by atoms with van der Waals surface area (Å²) in [4.78, 5) is 0. The largest absolute Gasteiger partial charge is 0.333 e. The van der Waals surface area contributed by atoms with Crippen molar-refractivity contribution in [3.05, 3.63) is 36.0 Å². The van der Waals surface area contributed by atoms with E-state index in [0.717, 1.165) is 47.3 Å². The van der Waals surface area contributed by atoms with Crippen molar-refractivity contribution in [2.45, 2.75) is 239 Å². The molecule has 9 unspecified atom stereocenters. The molecule has 4 aliphatic rings. The summed E-state index contributed by atoms with van der Waals surface area (Å²) in [6.07, 6.45) is 32.2. The van der Waals surface area contributed by atoms with E-state index in [9.17, 15) is 0 Å². The smallest absolute Gasteiger partial charge is 0.00851 e. The van der Waals surface area contributed by atoms with Gasteiger partial charge in [0, 0.05) is 0 Å². The predicted octanol–water partition coefficient (Wildman–Crippen LogP) is 18.0. The summed E-state index contributed by atoms with van der Waals surface area (Å²) >= 11 is 0. The van der Waals surface area contributed by atoms with Crippen LogP contribution >= 0.6 is 0 Å². The molecule has 0 saturated heterocycles. The first kappa shape index (κ1) is 55.3. The third-order valence-electron chi connectivity index (χ3n) is 14.2. The molecule has 0 radical (unpaired) electrons. The van der Waals surface area contributed by atoms with Gasteiger partial charge in [0.1, 0.15) is 0 Å². The van der Waals surface area contributed by atoms with Crippen LogP contribution in [0.3, 0.4) is 0 Å². The Balaban J connectivity index is 0. The number of nitrogens with two attached hydrogens (primary N) is 1. The van der Waals surface area contributed by atoms with Gasteiger partial charge in [0.2, 0.25) is 0 Å². The summed E-state index contributed by atoms with van der Waals surface area (Å²) < 4.78 is 0. The van der Waals surface area contributed by atoms with Crippen molar-refractivity contribution in [1.29, 1.82) is 0 Å². The third-order valence-corrected chi connectivity index (χ3v) is 14.2. The summed E-state index contributed by atoms with van der Waals surface area (Å²) in [6.45, 7) is 42.3. The zero-order chi connectivity index (χ0) is 41.9. The second-order valence-corrected chi connectivity index (χ2v) is 19.0. The zero-order valence-corrected chi connectivity index (χ0v) is 40.5. The Morgan fingerprint density at radius 3 is 1.91 bits per heavy atom. The minimum atomic E-state index is 0.511. The van der Waals surface area contributed by atoms with Gasteiger partial charge in [-0.05, 0) is 150 Å². The average molecular weight is 756 g/mol. The third kappa shape index (κ3) is 18.6. The quantitative estimate of drug-likeness (QED) is 0.123. The lowest BCUT2D eigenvalue weighted by Crippen LogP contribution is -2.50. The molecular formula is C53H105N. The standard InChI is InChI=1S/C31H52.C9H18.C8H18.2C2H6.CH5N/c1-21(2)9-8-10-23(5)27-13-14-28-26-12-11-25-20-24(19-22(3)4)15-17-30(25,6)29(26)16-18-31(27,28)7;1-4-5-6-7-8-9(2)3;1-4-6-7-8(3)5-2;3*1-2/h11,21,23-24,26-29H,3,8-10,12-20H2,1-2,4-7H3;2,4-8H2,1,3H3;8H,4-7H2,1-3H3;2*1-2H3;2H2,1H3. The molecular weight excluding hydrogens is 651 g/mol. The van der Waals surface area contributed by atoms with E-state index >= 15 is 0 Å². The van der Waals surface area contributed by atoms with Crippen LogP contribution in [-0.2, 0) is 0 Å². The summed E-state index contributed by atoms with van der Waals surface area (Å²) in [5.74, 6) is 7.52. The number of fused-ring (bicyclic) bond motifs is 5. The molecule has 3 saturated carbocycles. The van der Waals surface area contributed by atoms with E-state index in [0.29, 0.717) is 10.8 Å². The van der Waals surface area contributed by atoms with Crippen molar-refractivity contribution in [3.8, 4) is 0 Å². The molecule has 4 rings (SSSR count). The van der Waals surface area contributed by atoms with Crippen LogP contribution in [0.2, 0.25) is 0 Å². The minimum absolute atomic E-state index is 0.511. The van der Waals surface area contributed by atoms with Gasteiger partial charge in [-0.2, -0.15) is 0 Å². The second-order valence-electron chi connectivity index (χ2n) is 19.0. The highest BCUT2D eigenvalue weighted by atomic mass is 14.6. The summed E-state index contributed by atoms with van der Waals surface area (Å²) in [7, 11) is 1.50. The van der Waals surface area contributed by atoms with E-state index in [1.807, 2.05) is 33.3 Å². The number of allylic oxidation sites excluding steroid dienone is 4. The Labute approximate surface area is 344 Å². The summed E-state index contributed by atoms with van der Waals surface area (Å²) in [5.41, 5.74) is 10.2.